The number of amides is 1. The van der Waals surface area contributed by atoms with E-state index in [1.54, 1.807) is 49.4 Å². The first kappa shape index (κ1) is 17.6. The van der Waals surface area contributed by atoms with E-state index in [1.807, 2.05) is 11.4 Å². The maximum atomic E-state index is 11.8. The normalized spacial score (nSPS) is 10.8. The molecule has 0 saturated heterocycles. The van der Waals surface area contributed by atoms with Gasteiger partial charge in [0, 0.05) is 5.56 Å². The van der Waals surface area contributed by atoms with Gasteiger partial charge in [-0.2, -0.15) is 5.10 Å². The fourth-order valence-corrected chi connectivity index (χ4v) is 2.82. The third kappa shape index (κ3) is 4.25. The number of carbonyl (C=O) groups is 2. The summed E-state index contributed by atoms with van der Waals surface area (Å²) in [5.41, 5.74) is 3.65. The Balaban J connectivity index is 1.68. The van der Waals surface area contributed by atoms with Crippen LogP contribution in [0.3, 0.4) is 0 Å². The molecule has 0 aliphatic carbocycles. The fourth-order valence-electron chi connectivity index (χ4n) is 2.21. The lowest BCUT2D eigenvalue weighted by Gasteiger charge is -2.03. The molecule has 26 heavy (non-hydrogen) atoms. The van der Waals surface area contributed by atoms with Crippen LogP contribution in [-0.2, 0) is 4.74 Å². The van der Waals surface area contributed by atoms with Gasteiger partial charge in [0.05, 0.1) is 23.3 Å². The molecule has 0 bridgehead atoms. The molecule has 7 heteroatoms. The molecular weight excluding hydrogens is 352 g/mol. The van der Waals surface area contributed by atoms with E-state index in [2.05, 4.69) is 10.5 Å². The molecule has 0 atom stereocenters. The lowest BCUT2D eigenvalue weighted by molar-refractivity contribution is 0.0526. The van der Waals surface area contributed by atoms with Crippen LogP contribution < -0.4 is 5.43 Å². The summed E-state index contributed by atoms with van der Waals surface area (Å²) >= 11 is 1.34. The van der Waals surface area contributed by atoms with Gasteiger partial charge in [0.15, 0.2) is 0 Å². The summed E-state index contributed by atoms with van der Waals surface area (Å²) in [7, 11) is 0. The number of hydrogen-bond donors (Lipinski definition) is 1. The van der Waals surface area contributed by atoms with Crippen LogP contribution in [0.1, 0.15) is 32.7 Å². The maximum Gasteiger partial charge on any atom is 0.338 e. The van der Waals surface area contributed by atoms with E-state index in [0.29, 0.717) is 28.6 Å². The lowest BCUT2D eigenvalue weighted by atomic mass is 10.1. The molecule has 1 aromatic carbocycles. The molecular formula is C19H16N2O4S. The van der Waals surface area contributed by atoms with Crippen molar-refractivity contribution in [3.05, 3.63) is 70.1 Å². The molecule has 0 spiro atoms. The number of thiophene rings is 1. The number of esters is 1. The number of carbonyl (C=O) groups excluding carboxylic acids is 2. The van der Waals surface area contributed by atoms with Crippen molar-refractivity contribution >= 4 is 29.4 Å². The smallest absolute Gasteiger partial charge is 0.338 e. The molecule has 0 fully saturated rings. The van der Waals surface area contributed by atoms with Crippen LogP contribution >= 0.6 is 11.3 Å². The minimum atomic E-state index is -0.376. The van der Waals surface area contributed by atoms with E-state index in [9.17, 15) is 9.59 Å². The summed E-state index contributed by atoms with van der Waals surface area (Å²) in [5, 5.41) is 5.71. The number of furan rings is 1. The van der Waals surface area contributed by atoms with E-state index in [0.717, 1.165) is 5.56 Å². The monoisotopic (exact) mass is 368 g/mol. The van der Waals surface area contributed by atoms with Gasteiger partial charge in [-0.25, -0.2) is 10.2 Å². The first-order valence-electron chi connectivity index (χ1n) is 7.91. The Kier molecular flexibility index (Phi) is 5.60. The van der Waals surface area contributed by atoms with Crippen LogP contribution in [0.4, 0.5) is 0 Å². The average Bonchev–Trinajstić information content (AvgIpc) is 3.34. The van der Waals surface area contributed by atoms with Gasteiger partial charge in [-0.3, -0.25) is 4.79 Å². The zero-order valence-electron chi connectivity index (χ0n) is 14.0. The van der Waals surface area contributed by atoms with Gasteiger partial charge in [0.25, 0.3) is 5.91 Å². The Labute approximate surface area is 154 Å². The van der Waals surface area contributed by atoms with Gasteiger partial charge in [0.1, 0.15) is 11.5 Å². The second kappa shape index (κ2) is 8.26. The van der Waals surface area contributed by atoms with Crippen LogP contribution in [-0.4, -0.2) is 24.7 Å². The number of ether oxygens (including phenoxy) is 1. The van der Waals surface area contributed by atoms with Crippen LogP contribution in [0.5, 0.6) is 0 Å². The summed E-state index contributed by atoms with van der Waals surface area (Å²) in [5.74, 6) is 0.416. The quantitative estimate of drug-likeness (QED) is 0.406. The fraction of sp³-hybridized carbons (Fsp3) is 0.105. The van der Waals surface area contributed by atoms with Crippen molar-refractivity contribution in [2.24, 2.45) is 5.10 Å². The minimum absolute atomic E-state index is 0.273. The van der Waals surface area contributed by atoms with Crippen LogP contribution in [0, 0.1) is 0 Å². The maximum absolute atomic E-state index is 11.8. The SMILES string of the molecule is CCOC(=O)c1cccc(-c2ccc(/C=N/NC(=O)c3cccs3)o2)c1. The first-order chi connectivity index (χ1) is 12.7. The predicted octanol–water partition coefficient (Wildman–Crippen LogP) is 3.95. The summed E-state index contributed by atoms with van der Waals surface area (Å²) in [4.78, 5) is 24.2. The Bertz CT molecular complexity index is 929. The van der Waals surface area contributed by atoms with E-state index in [4.69, 9.17) is 9.15 Å². The minimum Gasteiger partial charge on any atom is -0.462 e. The molecule has 0 unspecified atom stereocenters. The van der Waals surface area contributed by atoms with Crippen molar-refractivity contribution in [2.45, 2.75) is 6.92 Å². The molecule has 0 saturated carbocycles. The number of benzene rings is 1. The Morgan fingerprint density at radius 3 is 2.88 bits per heavy atom. The van der Waals surface area contributed by atoms with Crippen molar-refractivity contribution in [1.29, 1.82) is 0 Å². The second-order valence-electron chi connectivity index (χ2n) is 5.18. The number of nitrogens with one attached hydrogen (secondary N) is 1. The molecule has 0 aliphatic heterocycles. The topological polar surface area (TPSA) is 80.9 Å². The van der Waals surface area contributed by atoms with E-state index >= 15 is 0 Å². The molecule has 2 heterocycles. The third-order valence-corrected chi connectivity index (χ3v) is 4.26. The number of hydrazone groups is 1. The Morgan fingerprint density at radius 2 is 2.12 bits per heavy atom. The zero-order valence-corrected chi connectivity index (χ0v) is 14.8. The van der Waals surface area contributed by atoms with Crippen molar-refractivity contribution in [3.8, 4) is 11.3 Å². The van der Waals surface area contributed by atoms with Gasteiger partial charge in [-0.05, 0) is 42.6 Å². The first-order valence-corrected chi connectivity index (χ1v) is 8.79. The molecule has 132 valence electrons. The van der Waals surface area contributed by atoms with Gasteiger partial charge in [-0.15, -0.1) is 11.3 Å². The second-order valence-corrected chi connectivity index (χ2v) is 6.13. The van der Waals surface area contributed by atoms with E-state index in [-0.39, 0.29) is 11.9 Å². The largest absolute Gasteiger partial charge is 0.462 e. The molecule has 0 aliphatic rings. The van der Waals surface area contributed by atoms with Gasteiger partial charge in [-0.1, -0.05) is 18.2 Å². The Morgan fingerprint density at radius 1 is 1.23 bits per heavy atom. The van der Waals surface area contributed by atoms with Crippen molar-refractivity contribution in [3.63, 3.8) is 0 Å². The molecule has 2 aromatic heterocycles. The number of rotatable bonds is 6. The van der Waals surface area contributed by atoms with Gasteiger partial charge < -0.3 is 9.15 Å². The van der Waals surface area contributed by atoms with Crippen molar-refractivity contribution in [2.75, 3.05) is 6.61 Å². The van der Waals surface area contributed by atoms with Crippen molar-refractivity contribution < 1.29 is 18.7 Å². The summed E-state index contributed by atoms with van der Waals surface area (Å²) in [6.45, 7) is 2.08. The lowest BCUT2D eigenvalue weighted by Crippen LogP contribution is -2.15. The van der Waals surface area contributed by atoms with Gasteiger partial charge in [0.2, 0.25) is 0 Å². The highest BCUT2D eigenvalue weighted by molar-refractivity contribution is 7.12. The summed E-state index contributed by atoms with van der Waals surface area (Å²) in [6.07, 6.45) is 1.42. The molecule has 1 N–H and O–H groups in total. The number of hydrogen-bond acceptors (Lipinski definition) is 6. The molecule has 6 nitrogen and oxygen atoms in total. The molecule has 3 aromatic rings. The predicted molar refractivity (Wildman–Crippen MR) is 99.5 cm³/mol. The van der Waals surface area contributed by atoms with Crippen molar-refractivity contribution in [1.82, 2.24) is 5.43 Å². The average molecular weight is 368 g/mol. The van der Waals surface area contributed by atoms with Gasteiger partial charge >= 0.3 is 5.97 Å². The van der Waals surface area contributed by atoms with Crippen LogP contribution in [0.25, 0.3) is 11.3 Å². The van der Waals surface area contributed by atoms with E-state index < -0.39 is 0 Å². The van der Waals surface area contributed by atoms with Crippen LogP contribution in [0.15, 0.2) is 63.4 Å². The highest BCUT2D eigenvalue weighted by Crippen LogP contribution is 2.23. The highest BCUT2D eigenvalue weighted by Gasteiger charge is 2.10. The molecule has 0 radical (unpaired) electrons. The van der Waals surface area contributed by atoms with E-state index in [1.165, 1.54) is 17.6 Å². The highest BCUT2D eigenvalue weighted by atomic mass is 32.1. The zero-order chi connectivity index (χ0) is 18.4. The third-order valence-electron chi connectivity index (χ3n) is 3.39. The summed E-state index contributed by atoms with van der Waals surface area (Å²) < 4.78 is 10.7. The standard InChI is InChI=1S/C19H16N2O4S/c1-2-24-19(23)14-6-3-5-13(11-14)16-9-8-15(25-16)12-20-21-18(22)17-7-4-10-26-17/h3-12H,2H2,1H3,(H,21,22)/b20-12+. The molecule has 3 rings (SSSR count). The Hall–Kier alpha value is -3.19. The van der Waals surface area contributed by atoms with Crippen LogP contribution in [0.2, 0.25) is 0 Å². The molecule has 1 amide bonds. The number of nitrogens with zero attached hydrogens (tertiary/aromatic N) is 1. The summed E-state index contributed by atoms with van der Waals surface area (Å²) in [6, 6.07) is 14.0.